The van der Waals surface area contributed by atoms with Crippen LogP contribution in [0.2, 0.25) is 0 Å². The van der Waals surface area contributed by atoms with Gasteiger partial charge < -0.3 is 0 Å². The molecule has 1 aliphatic carbocycles. The summed E-state index contributed by atoms with van der Waals surface area (Å²) in [7, 11) is -3.50. The number of sulfonamides is 1. The first-order chi connectivity index (χ1) is 12.6. The number of aromatic nitrogens is 1. The van der Waals surface area contributed by atoms with E-state index in [0.29, 0.717) is 11.4 Å². The molecule has 1 atom stereocenters. The zero-order valence-corrected chi connectivity index (χ0v) is 16.0. The molecule has 26 heavy (non-hydrogen) atoms. The van der Waals surface area contributed by atoms with Gasteiger partial charge >= 0.3 is 0 Å². The van der Waals surface area contributed by atoms with Crippen LogP contribution >= 0.6 is 11.3 Å². The first kappa shape index (κ1) is 16.4. The van der Waals surface area contributed by atoms with Crippen LogP contribution in [0.5, 0.6) is 0 Å². The Bertz CT molecular complexity index is 1060. The van der Waals surface area contributed by atoms with Crippen molar-refractivity contribution in [2.45, 2.75) is 43.0 Å². The molecule has 0 N–H and O–H groups in total. The van der Waals surface area contributed by atoms with Gasteiger partial charge in [-0.3, -0.25) is 0 Å². The Morgan fingerprint density at radius 3 is 2.77 bits per heavy atom. The van der Waals surface area contributed by atoms with E-state index in [1.807, 2.05) is 36.4 Å². The summed E-state index contributed by atoms with van der Waals surface area (Å²) in [5.74, 6) is 0. The van der Waals surface area contributed by atoms with Crippen LogP contribution in [0.25, 0.3) is 10.2 Å². The number of benzene rings is 2. The second kappa shape index (κ2) is 6.15. The summed E-state index contributed by atoms with van der Waals surface area (Å²) in [6.07, 6.45) is 4.89. The molecule has 134 valence electrons. The van der Waals surface area contributed by atoms with Crippen LogP contribution in [0.3, 0.4) is 0 Å². The number of hydrogen-bond donors (Lipinski definition) is 0. The SMILES string of the molecule is O=S(=O)(c1ccc2c(c1)CCC2)N1CCCC1c1nc2ccccc2s1. The van der Waals surface area contributed by atoms with Crippen LogP contribution in [0.1, 0.15) is 41.4 Å². The van der Waals surface area contributed by atoms with Gasteiger partial charge in [0.2, 0.25) is 10.0 Å². The summed E-state index contributed by atoms with van der Waals surface area (Å²) in [5.41, 5.74) is 3.45. The first-order valence-electron chi connectivity index (χ1n) is 9.12. The molecule has 0 amide bonds. The zero-order chi connectivity index (χ0) is 17.7. The summed E-state index contributed by atoms with van der Waals surface area (Å²) in [5, 5.41) is 0.911. The largest absolute Gasteiger partial charge is 0.243 e. The lowest BCUT2D eigenvalue weighted by molar-refractivity contribution is 0.396. The van der Waals surface area contributed by atoms with E-state index in [1.54, 1.807) is 21.7 Å². The van der Waals surface area contributed by atoms with Crippen molar-refractivity contribution >= 4 is 31.6 Å². The average Bonchev–Trinajstić information content (AvgIpc) is 3.37. The Labute approximate surface area is 157 Å². The molecule has 1 saturated heterocycles. The standard InChI is InChI=1S/C20H20N2O2S2/c23-26(24,16-11-10-14-5-3-6-15(14)13-16)22-12-4-8-18(22)20-21-17-7-1-2-9-19(17)25-20/h1-2,7,9-11,13,18H,3-6,8,12H2. The van der Waals surface area contributed by atoms with Crippen molar-refractivity contribution in [3.05, 3.63) is 58.6 Å². The molecule has 2 aromatic carbocycles. The second-order valence-electron chi connectivity index (χ2n) is 7.08. The van der Waals surface area contributed by atoms with Crippen LogP contribution in [0.4, 0.5) is 0 Å². The van der Waals surface area contributed by atoms with E-state index in [9.17, 15) is 8.42 Å². The van der Waals surface area contributed by atoms with Crippen LogP contribution in [-0.2, 0) is 22.9 Å². The third-order valence-electron chi connectivity index (χ3n) is 5.48. The second-order valence-corrected chi connectivity index (χ2v) is 10.0. The molecular weight excluding hydrogens is 364 g/mol. The van der Waals surface area contributed by atoms with Crippen molar-refractivity contribution in [2.75, 3.05) is 6.54 Å². The van der Waals surface area contributed by atoms with Crippen LogP contribution in [-0.4, -0.2) is 24.3 Å². The maximum Gasteiger partial charge on any atom is 0.243 e. The molecule has 0 radical (unpaired) electrons. The minimum Gasteiger partial charge on any atom is -0.239 e. The molecule has 1 fully saturated rings. The number of thiazole rings is 1. The lowest BCUT2D eigenvalue weighted by atomic mass is 10.1. The Kier molecular flexibility index (Phi) is 3.88. The predicted molar refractivity (Wildman–Crippen MR) is 104 cm³/mol. The summed E-state index contributed by atoms with van der Waals surface area (Å²) in [4.78, 5) is 5.16. The van der Waals surface area contributed by atoms with Gasteiger partial charge in [0, 0.05) is 6.54 Å². The van der Waals surface area contributed by atoms with Gasteiger partial charge in [-0.05, 0) is 67.5 Å². The van der Waals surface area contributed by atoms with Crippen LogP contribution in [0.15, 0.2) is 47.4 Å². The third-order valence-corrected chi connectivity index (χ3v) is 8.52. The molecule has 4 nitrogen and oxygen atoms in total. The monoisotopic (exact) mass is 384 g/mol. The molecule has 0 bridgehead atoms. The molecule has 0 saturated carbocycles. The van der Waals surface area contributed by atoms with E-state index >= 15 is 0 Å². The molecule has 2 aliphatic rings. The van der Waals surface area contributed by atoms with Crippen LogP contribution in [0, 0.1) is 0 Å². The van der Waals surface area contributed by atoms with E-state index in [-0.39, 0.29) is 6.04 Å². The number of rotatable bonds is 3. The Balaban J connectivity index is 1.53. The van der Waals surface area contributed by atoms with Gasteiger partial charge in [-0.1, -0.05) is 18.2 Å². The molecule has 1 unspecified atom stereocenters. The topological polar surface area (TPSA) is 50.3 Å². The highest BCUT2D eigenvalue weighted by Crippen LogP contribution is 2.40. The van der Waals surface area contributed by atoms with Gasteiger partial charge in [0.15, 0.2) is 0 Å². The zero-order valence-electron chi connectivity index (χ0n) is 14.4. The van der Waals surface area contributed by atoms with E-state index in [1.165, 1.54) is 11.1 Å². The summed E-state index contributed by atoms with van der Waals surface area (Å²) in [6, 6.07) is 13.5. The van der Waals surface area contributed by atoms with Gasteiger partial charge in [0.25, 0.3) is 0 Å². The number of nitrogens with zero attached hydrogens (tertiary/aromatic N) is 2. The number of para-hydroxylation sites is 1. The highest BCUT2D eigenvalue weighted by Gasteiger charge is 2.38. The molecule has 5 rings (SSSR count). The van der Waals surface area contributed by atoms with E-state index in [0.717, 1.165) is 47.3 Å². The van der Waals surface area contributed by atoms with Crippen molar-refractivity contribution in [1.82, 2.24) is 9.29 Å². The maximum atomic E-state index is 13.3. The quantitative estimate of drug-likeness (QED) is 0.676. The van der Waals surface area contributed by atoms with Gasteiger partial charge in [-0.2, -0.15) is 4.31 Å². The molecule has 3 aromatic rings. The molecule has 2 heterocycles. The smallest absolute Gasteiger partial charge is 0.239 e. The van der Waals surface area contributed by atoms with Crippen molar-refractivity contribution in [3.8, 4) is 0 Å². The summed E-state index contributed by atoms with van der Waals surface area (Å²) in [6.45, 7) is 0.569. The van der Waals surface area contributed by atoms with Crippen molar-refractivity contribution in [1.29, 1.82) is 0 Å². The minimum atomic E-state index is -3.50. The van der Waals surface area contributed by atoms with Crippen molar-refractivity contribution in [3.63, 3.8) is 0 Å². The summed E-state index contributed by atoms with van der Waals surface area (Å²) >= 11 is 1.61. The van der Waals surface area contributed by atoms with E-state index in [2.05, 4.69) is 0 Å². The van der Waals surface area contributed by atoms with Crippen molar-refractivity contribution in [2.24, 2.45) is 0 Å². The highest BCUT2D eigenvalue weighted by atomic mass is 32.2. The van der Waals surface area contributed by atoms with Gasteiger partial charge in [-0.25, -0.2) is 13.4 Å². The van der Waals surface area contributed by atoms with Crippen LogP contribution < -0.4 is 0 Å². The Morgan fingerprint density at radius 1 is 1.04 bits per heavy atom. The molecule has 0 spiro atoms. The first-order valence-corrected chi connectivity index (χ1v) is 11.4. The Hall–Kier alpha value is -1.76. The fraction of sp³-hybridized carbons (Fsp3) is 0.350. The lowest BCUT2D eigenvalue weighted by Gasteiger charge is -2.23. The van der Waals surface area contributed by atoms with E-state index in [4.69, 9.17) is 4.98 Å². The number of fused-ring (bicyclic) bond motifs is 2. The van der Waals surface area contributed by atoms with Crippen molar-refractivity contribution < 1.29 is 8.42 Å². The highest BCUT2D eigenvalue weighted by molar-refractivity contribution is 7.89. The third kappa shape index (κ3) is 2.59. The molecule has 1 aliphatic heterocycles. The Morgan fingerprint density at radius 2 is 1.88 bits per heavy atom. The number of hydrogen-bond acceptors (Lipinski definition) is 4. The average molecular weight is 385 g/mol. The minimum absolute atomic E-state index is 0.148. The predicted octanol–water partition coefficient (Wildman–Crippen LogP) is 4.31. The normalized spacial score (nSPS) is 20.7. The van der Waals surface area contributed by atoms with Gasteiger partial charge in [-0.15, -0.1) is 11.3 Å². The van der Waals surface area contributed by atoms with Gasteiger partial charge in [0.1, 0.15) is 5.01 Å². The van der Waals surface area contributed by atoms with Gasteiger partial charge in [0.05, 0.1) is 21.2 Å². The molecule has 1 aromatic heterocycles. The summed E-state index contributed by atoms with van der Waals surface area (Å²) < 4.78 is 29.5. The fourth-order valence-corrected chi connectivity index (χ4v) is 7.04. The number of aryl methyl sites for hydroxylation is 2. The molecule has 6 heteroatoms. The lowest BCUT2D eigenvalue weighted by Crippen LogP contribution is -2.30. The van der Waals surface area contributed by atoms with E-state index < -0.39 is 10.0 Å². The fourth-order valence-electron chi connectivity index (χ4n) is 4.15. The maximum absolute atomic E-state index is 13.3. The molecular formula is C20H20N2O2S2.